The highest BCUT2D eigenvalue weighted by atomic mass is 32.2. The standard InChI is InChI=1S/C20H20N4S2/c1-26-17-7-5-14(6-8-17)18-4-2-3-16(22-18)13-24-10-9-19-15(12-24)11-21-20(25)23-19/h2-8,11H,9-10,12-13H2,1H3,(H,21,23,25). The number of aromatic nitrogens is 3. The third-order valence-electron chi connectivity index (χ3n) is 4.63. The van der Waals surface area contributed by atoms with E-state index in [1.54, 1.807) is 11.8 Å². The van der Waals surface area contributed by atoms with Gasteiger partial charge in [-0.1, -0.05) is 18.2 Å². The maximum atomic E-state index is 5.12. The molecule has 0 amide bonds. The molecule has 0 saturated carbocycles. The molecule has 1 aliphatic rings. The van der Waals surface area contributed by atoms with E-state index in [1.807, 2.05) is 6.20 Å². The molecule has 6 heteroatoms. The first kappa shape index (κ1) is 17.4. The number of pyridine rings is 1. The fourth-order valence-electron chi connectivity index (χ4n) is 3.26. The van der Waals surface area contributed by atoms with Gasteiger partial charge < -0.3 is 4.98 Å². The minimum absolute atomic E-state index is 0.569. The van der Waals surface area contributed by atoms with Crippen LogP contribution in [0.25, 0.3) is 11.3 Å². The van der Waals surface area contributed by atoms with Gasteiger partial charge in [-0.25, -0.2) is 4.98 Å². The highest BCUT2D eigenvalue weighted by Crippen LogP contribution is 2.23. The molecule has 4 rings (SSSR count). The van der Waals surface area contributed by atoms with E-state index in [2.05, 4.69) is 63.6 Å². The average molecular weight is 381 g/mol. The molecule has 1 N–H and O–H groups in total. The van der Waals surface area contributed by atoms with Gasteiger partial charge in [-0.3, -0.25) is 9.88 Å². The Bertz CT molecular complexity index is 966. The van der Waals surface area contributed by atoms with Crippen molar-refractivity contribution >= 4 is 24.0 Å². The Balaban J connectivity index is 1.50. The zero-order valence-corrected chi connectivity index (χ0v) is 16.2. The summed E-state index contributed by atoms with van der Waals surface area (Å²) in [6.45, 7) is 2.71. The number of hydrogen-bond donors (Lipinski definition) is 1. The third kappa shape index (κ3) is 3.87. The van der Waals surface area contributed by atoms with Crippen LogP contribution in [-0.2, 0) is 19.5 Å². The molecule has 0 bridgehead atoms. The molecule has 26 heavy (non-hydrogen) atoms. The molecule has 0 radical (unpaired) electrons. The summed E-state index contributed by atoms with van der Waals surface area (Å²) in [6.07, 6.45) is 4.96. The monoisotopic (exact) mass is 380 g/mol. The van der Waals surface area contributed by atoms with Gasteiger partial charge in [-0.2, -0.15) is 0 Å². The van der Waals surface area contributed by atoms with Crippen LogP contribution in [0.3, 0.4) is 0 Å². The molecule has 1 aliphatic heterocycles. The molecule has 3 aromatic rings. The van der Waals surface area contributed by atoms with Gasteiger partial charge in [0.2, 0.25) is 0 Å². The summed E-state index contributed by atoms with van der Waals surface area (Å²) in [5, 5.41) is 0. The first-order valence-corrected chi connectivity index (χ1v) is 10.2. The number of hydrogen-bond acceptors (Lipinski definition) is 5. The number of thioether (sulfide) groups is 1. The lowest BCUT2D eigenvalue weighted by Gasteiger charge is -2.27. The Morgan fingerprint density at radius 3 is 2.85 bits per heavy atom. The van der Waals surface area contributed by atoms with Crippen LogP contribution >= 0.6 is 24.0 Å². The molecule has 0 unspecified atom stereocenters. The van der Waals surface area contributed by atoms with E-state index >= 15 is 0 Å². The van der Waals surface area contributed by atoms with Crippen LogP contribution in [0.1, 0.15) is 17.0 Å². The Morgan fingerprint density at radius 1 is 1.19 bits per heavy atom. The molecule has 0 aliphatic carbocycles. The lowest BCUT2D eigenvalue weighted by molar-refractivity contribution is 0.240. The van der Waals surface area contributed by atoms with Crippen LogP contribution in [0.2, 0.25) is 0 Å². The maximum Gasteiger partial charge on any atom is 0.196 e. The smallest absolute Gasteiger partial charge is 0.196 e. The SMILES string of the molecule is CSc1ccc(-c2cccc(CN3CCc4[nH]c(=S)ncc4C3)n2)cc1. The molecule has 1 aromatic carbocycles. The number of rotatable bonds is 4. The average Bonchev–Trinajstić information content (AvgIpc) is 2.68. The lowest BCUT2D eigenvalue weighted by atomic mass is 10.1. The van der Waals surface area contributed by atoms with Gasteiger partial charge in [-0.05, 0) is 42.7 Å². The van der Waals surface area contributed by atoms with Gasteiger partial charge in [0.15, 0.2) is 4.77 Å². The van der Waals surface area contributed by atoms with Crippen molar-refractivity contribution in [1.29, 1.82) is 0 Å². The van der Waals surface area contributed by atoms with Gasteiger partial charge in [0, 0.05) is 54.0 Å². The number of fused-ring (bicyclic) bond motifs is 1. The van der Waals surface area contributed by atoms with Gasteiger partial charge in [0.1, 0.15) is 0 Å². The summed E-state index contributed by atoms with van der Waals surface area (Å²) in [7, 11) is 0. The first-order valence-electron chi connectivity index (χ1n) is 8.61. The molecule has 3 heterocycles. The van der Waals surface area contributed by atoms with Crippen molar-refractivity contribution in [1.82, 2.24) is 19.9 Å². The van der Waals surface area contributed by atoms with E-state index in [4.69, 9.17) is 17.2 Å². The summed E-state index contributed by atoms with van der Waals surface area (Å²) < 4.78 is 0.569. The minimum atomic E-state index is 0.569. The van der Waals surface area contributed by atoms with Crippen molar-refractivity contribution < 1.29 is 0 Å². The molecule has 4 nitrogen and oxygen atoms in total. The normalized spacial score (nSPS) is 14.2. The topological polar surface area (TPSA) is 44.8 Å². The largest absolute Gasteiger partial charge is 0.334 e. The number of nitrogens with one attached hydrogen (secondary N) is 1. The minimum Gasteiger partial charge on any atom is -0.334 e. The Hall–Kier alpha value is -2.02. The van der Waals surface area contributed by atoms with E-state index < -0.39 is 0 Å². The molecule has 0 atom stereocenters. The quantitative estimate of drug-likeness (QED) is 0.534. The van der Waals surface area contributed by atoms with Crippen molar-refractivity contribution in [2.24, 2.45) is 0 Å². The van der Waals surface area contributed by atoms with Crippen molar-refractivity contribution in [3.8, 4) is 11.3 Å². The highest BCUT2D eigenvalue weighted by molar-refractivity contribution is 7.98. The van der Waals surface area contributed by atoms with E-state index in [9.17, 15) is 0 Å². The first-order chi connectivity index (χ1) is 12.7. The lowest BCUT2D eigenvalue weighted by Crippen LogP contribution is -2.31. The number of aromatic amines is 1. The number of benzene rings is 1. The number of nitrogens with zero attached hydrogens (tertiary/aromatic N) is 3. The predicted molar refractivity (Wildman–Crippen MR) is 109 cm³/mol. The van der Waals surface area contributed by atoms with Gasteiger partial charge in [-0.15, -0.1) is 11.8 Å². The molecular formula is C20H20N4S2. The molecule has 132 valence electrons. The van der Waals surface area contributed by atoms with Crippen LogP contribution in [0.4, 0.5) is 0 Å². The summed E-state index contributed by atoms with van der Waals surface area (Å²) in [5.74, 6) is 0. The van der Waals surface area contributed by atoms with E-state index in [-0.39, 0.29) is 0 Å². The molecule has 0 spiro atoms. The summed E-state index contributed by atoms with van der Waals surface area (Å²) in [6, 6.07) is 14.8. The fourth-order valence-corrected chi connectivity index (χ4v) is 3.84. The second kappa shape index (κ2) is 7.70. The van der Waals surface area contributed by atoms with E-state index in [0.29, 0.717) is 4.77 Å². The molecule has 0 fully saturated rings. The second-order valence-electron chi connectivity index (χ2n) is 6.40. The zero-order chi connectivity index (χ0) is 17.9. The van der Waals surface area contributed by atoms with Crippen molar-refractivity contribution in [3.63, 3.8) is 0 Å². The van der Waals surface area contributed by atoms with E-state index in [0.717, 1.165) is 43.0 Å². The van der Waals surface area contributed by atoms with E-state index in [1.165, 1.54) is 16.2 Å². The van der Waals surface area contributed by atoms with Crippen molar-refractivity contribution in [3.05, 3.63) is 70.4 Å². The van der Waals surface area contributed by atoms with Crippen LogP contribution in [0.15, 0.2) is 53.6 Å². The summed E-state index contributed by atoms with van der Waals surface area (Å²) in [5.41, 5.74) is 5.73. The van der Waals surface area contributed by atoms with Crippen LogP contribution < -0.4 is 0 Å². The summed E-state index contributed by atoms with van der Waals surface area (Å²) in [4.78, 5) is 16.0. The van der Waals surface area contributed by atoms with Gasteiger partial charge in [0.05, 0.1) is 11.4 Å². The van der Waals surface area contributed by atoms with Crippen molar-refractivity contribution in [2.75, 3.05) is 12.8 Å². The Labute approximate surface area is 162 Å². The van der Waals surface area contributed by atoms with Crippen molar-refractivity contribution in [2.45, 2.75) is 24.4 Å². The third-order valence-corrected chi connectivity index (χ3v) is 5.58. The molecule has 2 aromatic heterocycles. The Morgan fingerprint density at radius 2 is 2.04 bits per heavy atom. The highest BCUT2D eigenvalue weighted by Gasteiger charge is 2.17. The predicted octanol–water partition coefficient (Wildman–Crippen LogP) is 4.48. The fraction of sp³-hybridized carbons (Fsp3) is 0.250. The maximum absolute atomic E-state index is 5.12. The van der Waals surface area contributed by atoms with Crippen LogP contribution in [0, 0.1) is 4.77 Å². The molecular weight excluding hydrogens is 360 g/mol. The summed E-state index contributed by atoms with van der Waals surface area (Å²) >= 11 is 6.87. The van der Waals surface area contributed by atoms with Crippen LogP contribution in [0.5, 0.6) is 0 Å². The van der Waals surface area contributed by atoms with Crippen LogP contribution in [-0.4, -0.2) is 32.7 Å². The zero-order valence-electron chi connectivity index (χ0n) is 14.6. The number of H-pyrrole nitrogens is 1. The van der Waals surface area contributed by atoms with Gasteiger partial charge >= 0.3 is 0 Å². The Kier molecular flexibility index (Phi) is 5.15. The van der Waals surface area contributed by atoms with Gasteiger partial charge in [0.25, 0.3) is 0 Å². The second-order valence-corrected chi connectivity index (χ2v) is 7.66. The molecule has 0 saturated heterocycles.